The first-order valence-corrected chi connectivity index (χ1v) is 5.92. The van der Waals surface area contributed by atoms with Crippen LogP contribution >= 0.6 is 0 Å². The van der Waals surface area contributed by atoms with Crippen molar-refractivity contribution in [3.05, 3.63) is 54.1 Å². The van der Waals surface area contributed by atoms with Crippen LogP contribution in [-0.4, -0.2) is 17.2 Å². The van der Waals surface area contributed by atoms with Gasteiger partial charge in [0.15, 0.2) is 0 Å². The average molecular weight is 247 g/mol. The zero-order valence-corrected chi connectivity index (χ0v) is 10.0. The van der Waals surface area contributed by atoms with Crippen LogP contribution in [0.2, 0.25) is 0 Å². The second-order valence-corrected chi connectivity index (χ2v) is 4.47. The molecule has 0 fully saturated rings. The fraction of sp³-hybridized carbons (Fsp3) is 0. The Labute approximate surface area is 110 Å². The second kappa shape index (κ2) is 4.40. The van der Waals surface area contributed by atoms with E-state index in [1.165, 1.54) is 0 Å². The zero-order chi connectivity index (χ0) is 13.4. The molecule has 90 valence electrons. The Bertz CT molecular complexity index is 821. The third-order valence-electron chi connectivity index (χ3n) is 3.29. The molecule has 0 aliphatic heterocycles. The molecule has 0 aromatic heterocycles. The van der Waals surface area contributed by atoms with E-state index in [2.05, 4.69) is 6.07 Å². The van der Waals surface area contributed by atoms with Crippen molar-refractivity contribution in [2.45, 2.75) is 0 Å². The molecule has 0 aliphatic rings. The molecule has 0 bridgehead atoms. The van der Waals surface area contributed by atoms with Crippen LogP contribution in [-0.2, 0) is 0 Å². The maximum Gasteiger partial charge on any atom is 0.488 e. The molecule has 3 nitrogen and oxygen atoms in total. The second-order valence-electron chi connectivity index (χ2n) is 4.47. The van der Waals surface area contributed by atoms with Crippen molar-refractivity contribution in [1.82, 2.24) is 0 Å². The Morgan fingerprint density at radius 3 is 2.11 bits per heavy atom. The van der Waals surface area contributed by atoms with Gasteiger partial charge in [-0.05, 0) is 39.1 Å². The molecule has 3 aromatic carbocycles. The van der Waals surface area contributed by atoms with Gasteiger partial charge in [-0.25, -0.2) is 0 Å². The summed E-state index contributed by atoms with van der Waals surface area (Å²) in [5, 5.41) is 31.3. The van der Waals surface area contributed by atoms with Crippen LogP contribution in [0.4, 0.5) is 0 Å². The van der Waals surface area contributed by atoms with Gasteiger partial charge in [-0.15, -0.1) is 0 Å². The molecule has 2 N–H and O–H groups in total. The Morgan fingerprint density at radius 2 is 1.47 bits per heavy atom. The van der Waals surface area contributed by atoms with Crippen molar-refractivity contribution in [2.75, 3.05) is 0 Å². The first-order chi connectivity index (χ1) is 9.19. The lowest BCUT2D eigenvalue weighted by molar-refractivity contribution is 0.426. The smallest absolute Gasteiger partial charge is 0.423 e. The highest BCUT2D eigenvalue weighted by Gasteiger charge is 2.11. The fourth-order valence-corrected chi connectivity index (χ4v) is 2.32. The van der Waals surface area contributed by atoms with Crippen LogP contribution in [0.3, 0.4) is 0 Å². The van der Waals surface area contributed by atoms with Gasteiger partial charge in [-0.3, -0.25) is 0 Å². The summed E-state index contributed by atoms with van der Waals surface area (Å²) in [5.74, 6) is 0. The highest BCUT2D eigenvalue weighted by molar-refractivity contribution is 6.59. The maximum atomic E-state index is 9.18. The van der Waals surface area contributed by atoms with Crippen molar-refractivity contribution < 1.29 is 10.0 Å². The highest BCUT2D eigenvalue weighted by atomic mass is 16.4. The van der Waals surface area contributed by atoms with E-state index in [4.69, 9.17) is 5.26 Å². The summed E-state index contributed by atoms with van der Waals surface area (Å²) in [7, 11) is -1.46. The monoisotopic (exact) mass is 247 g/mol. The van der Waals surface area contributed by atoms with E-state index in [0.717, 1.165) is 21.5 Å². The predicted molar refractivity (Wildman–Crippen MR) is 76.0 cm³/mol. The Kier molecular flexibility index (Phi) is 2.71. The molecule has 0 atom stereocenters. The minimum absolute atomic E-state index is 0.473. The number of nitrogens with zero attached hydrogens (tertiary/aromatic N) is 1. The lowest BCUT2D eigenvalue weighted by Gasteiger charge is -2.06. The Balaban J connectivity index is 2.32. The number of benzene rings is 3. The molecule has 0 unspecified atom stereocenters. The van der Waals surface area contributed by atoms with Gasteiger partial charge in [0.05, 0.1) is 11.6 Å². The van der Waals surface area contributed by atoms with E-state index in [1.54, 1.807) is 18.2 Å². The first-order valence-electron chi connectivity index (χ1n) is 5.92. The third-order valence-corrected chi connectivity index (χ3v) is 3.29. The summed E-state index contributed by atoms with van der Waals surface area (Å²) in [6.45, 7) is 0. The van der Waals surface area contributed by atoms with Crippen LogP contribution in [0, 0.1) is 11.3 Å². The van der Waals surface area contributed by atoms with Crippen LogP contribution < -0.4 is 5.46 Å². The van der Waals surface area contributed by atoms with Gasteiger partial charge >= 0.3 is 7.12 Å². The van der Waals surface area contributed by atoms with Crippen molar-refractivity contribution >= 4 is 34.1 Å². The SMILES string of the molecule is N#Cc1ccc2c(ccc3cc(B(O)O)ccc32)c1. The lowest BCUT2D eigenvalue weighted by Crippen LogP contribution is -2.29. The molecule has 0 spiro atoms. The van der Waals surface area contributed by atoms with E-state index in [-0.39, 0.29) is 0 Å². The molecule has 0 heterocycles. The first kappa shape index (κ1) is 11.7. The summed E-state index contributed by atoms with van der Waals surface area (Å²) >= 11 is 0. The van der Waals surface area contributed by atoms with Gasteiger partial charge < -0.3 is 10.0 Å². The maximum absolute atomic E-state index is 9.18. The van der Waals surface area contributed by atoms with Gasteiger partial charge in [-0.1, -0.05) is 36.4 Å². The third kappa shape index (κ3) is 1.95. The molecule has 0 amide bonds. The number of nitriles is 1. The number of hydrogen-bond donors (Lipinski definition) is 2. The number of hydrogen-bond acceptors (Lipinski definition) is 3. The summed E-state index contributed by atoms with van der Waals surface area (Å²) < 4.78 is 0. The van der Waals surface area contributed by atoms with Gasteiger partial charge in [0.1, 0.15) is 0 Å². The summed E-state index contributed by atoms with van der Waals surface area (Å²) in [6, 6.07) is 16.9. The minimum Gasteiger partial charge on any atom is -0.423 e. The van der Waals surface area contributed by atoms with Gasteiger partial charge in [-0.2, -0.15) is 5.26 Å². The minimum atomic E-state index is -1.46. The molecule has 4 heteroatoms. The molecular formula is C15H10BNO2. The van der Waals surface area contributed by atoms with Gasteiger partial charge in [0.2, 0.25) is 0 Å². The standard InChI is InChI=1S/C15H10BNO2/c17-9-10-1-5-14-11(7-10)2-3-12-8-13(16(18)19)4-6-15(12)14/h1-8,18-19H. The summed E-state index contributed by atoms with van der Waals surface area (Å²) in [6.07, 6.45) is 0. The van der Waals surface area contributed by atoms with E-state index < -0.39 is 7.12 Å². The number of rotatable bonds is 1. The quantitative estimate of drug-likeness (QED) is 0.506. The highest BCUT2D eigenvalue weighted by Crippen LogP contribution is 2.25. The Hall–Kier alpha value is -2.35. The van der Waals surface area contributed by atoms with E-state index in [0.29, 0.717) is 11.0 Å². The molecule has 0 aliphatic carbocycles. The molecule has 3 aromatic rings. The fourth-order valence-electron chi connectivity index (χ4n) is 2.32. The van der Waals surface area contributed by atoms with Crippen molar-refractivity contribution in [3.8, 4) is 6.07 Å². The summed E-state index contributed by atoms with van der Waals surface area (Å²) in [4.78, 5) is 0. The van der Waals surface area contributed by atoms with Crippen LogP contribution in [0.25, 0.3) is 21.5 Å². The number of fused-ring (bicyclic) bond motifs is 3. The molecule has 0 radical (unpaired) electrons. The molecular weight excluding hydrogens is 237 g/mol. The average Bonchev–Trinajstić information content (AvgIpc) is 2.45. The van der Waals surface area contributed by atoms with E-state index in [1.807, 2.05) is 30.3 Å². The van der Waals surface area contributed by atoms with Crippen molar-refractivity contribution in [3.63, 3.8) is 0 Å². The van der Waals surface area contributed by atoms with Gasteiger partial charge in [0.25, 0.3) is 0 Å². The molecule has 3 rings (SSSR count). The van der Waals surface area contributed by atoms with Gasteiger partial charge in [0, 0.05) is 0 Å². The molecule has 0 saturated carbocycles. The topological polar surface area (TPSA) is 64.2 Å². The van der Waals surface area contributed by atoms with Crippen LogP contribution in [0.5, 0.6) is 0 Å². The van der Waals surface area contributed by atoms with E-state index >= 15 is 0 Å². The van der Waals surface area contributed by atoms with Crippen LogP contribution in [0.15, 0.2) is 48.5 Å². The zero-order valence-electron chi connectivity index (χ0n) is 10.0. The van der Waals surface area contributed by atoms with Crippen LogP contribution in [0.1, 0.15) is 5.56 Å². The Morgan fingerprint density at radius 1 is 0.842 bits per heavy atom. The molecule has 0 saturated heterocycles. The summed E-state index contributed by atoms with van der Waals surface area (Å²) in [5.41, 5.74) is 1.11. The molecule has 19 heavy (non-hydrogen) atoms. The van der Waals surface area contributed by atoms with Crippen molar-refractivity contribution in [1.29, 1.82) is 5.26 Å². The largest absolute Gasteiger partial charge is 0.488 e. The van der Waals surface area contributed by atoms with Crippen molar-refractivity contribution in [2.24, 2.45) is 0 Å². The predicted octanol–water partition coefficient (Wildman–Crippen LogP) is 1.54. The van der Waals surface area contributed by atoms with E-state index in [9.17, 15) is 10.0 Å². The normalized spacial score (nSPS) is 10.6. The lowest BCUT2D eigenvalue weighted by atomic mass is 9.79.